The summed E-state index contributed by atoms with van der Waals surface area (Å²) in [6, 6.07) is 9.83. The number of halogens is 2. The summed E-state index contributed by atoms with van der Waals surface area (Å²) in [7, 11) is -3.51. The third-order valence-corrected chi connectivity index (χ3v) is 7.09. The predicted octanol–water partition coefficient (Wildman–Crippen LogP) is 2.86. The normalized spacial score (nSPS) is 21.1. The summed E-state index contributed by atoms with van der Waals surface area (Å²) >= 11 is 6.18. The van der Waals surface area contributed by atoms with Gasteiger partial charge >= 0.3 is 0 Å². The first-order chi connectivity index (χ1) is 16.1. The topological polar surface area (TPSA) is 81.8 Å². The van der Waals surface area contributed by atoms with Crippen molar-refractivity contribution in [3.8, 4) is 0 Å². The van der Waals surface area contributed by atoms with Crippen LogP contribution in [0.2, 0.25) is 5.02 Å². The third kappa shape index (κ3) is 5.96. The van der Waals surface area contributed by atoms with Gasteiger partial charge in [0.2, 0.25) is 15.9 Å². The summed E-state index contributed by atoms with van der Waals surface area (Å²) in [6.07, 6.45) is 4.20. The maximum atomic E-state index is 13.2. The summed E-state index contributed by atoms with van der Waals surface area (Å²) in [5.74, 6) is -0.367. The molecule has 7 nitrogen and oxygen atoms in total. The number of piperazine rings is 2. The first kappa shape index (κ1) is 24.7. The Bertz CT molecular complexity index is 1190. The molecule has 2 N–H and O–H groups in total. The number of amides is 1. The molecule has 2 aromatic carbocycles. The Labute approximate surface area is 204 Å². The highest BCUT2D eigenvalue weighted by Gasteiger charge is 2.39. The molecule has 10 heteroatoms. The fraction of sp³-hybridized carbons (Fsp3) is 0.375. The predicted molar refractivity (Wildman–Crippen MR) is 133 cm³/mol. The molecule has 2 aliphatic rings. The summed E-state index contributed by atoms with van der Waals surface area (Å²) in [5, 5.41) is 3.84. The molecule has 2 fully saturated rings. The molecule has 2 heterocycles. The number of fused-ring (bicyclic) bond motifs is 2. The SMILES string of the molecule is Cc1cc(C=CC(=O)N2C3CNCC2CN(Cc2ccc(F)cc2)C3)c(NS(C)(=O)=O)cc1Cl. The molecule has 182 valence electrons. The smallest absolute Gasteiger partial charge is 0.247 e. The maximum absolute atomic E-state index is 13.2. The Morgan fingerprint density at radius 3 is 2.47 bits per heavy atom. The van der Waals surface area contributed by atoms with Crippen LogP contribution in [0.4, 0.5) is 10.1 Å². The number of anilines is 1. The number of hydrogen-bond acceptors (Lipinski definition) is 5. The second-order valence-electron chi connectivity index (χ2n) is 8.93. The first-order valence-electron chi connectivity index (χ1n) is 11.0. The molecule has 2 aromatic rings. The molecule has 34 heavy (non-hydrogen) atoms. The van der Waals surface area contributed by atoms with Crippen molar-refractivity contribution in [1.82, 2.24) is 15.1 Å². The van der Waals surface area contributed by atoms with Crippen LogP contribution in [0.3, 0.4) is 0 Å². The van der Waals surface area contributed by atoms with Crippen LogP contribution in [0, 0.1) is 12.7 Å². The Morgan fingerprint density at radius 1 is 1.21 bits per heavy atom. The van der Waals surface area contributed by atoms with Crippen molar-refractivity contribution >= 4 is 39.3 Å². The number of aryl methyl sites for hydroxylation is 1. The van der Waals surface area contributed by atoms with Crippen molar-refractivity contribution < 1.29 is 17.6 Å². The molecule has 0 aromatic heterocycles. The third-order valence-electron chi connectivity index (χ3n) is 6.09. The fourth-order valence-electron chi connectivity index (χ4n) is 4.60. The number of carbonyl (C=O) groups excluding carboxylic acids is 1. The quantitative estimate of drug-likeness (QED) is 0.589. The lowest BCUT2D eigenvalue weighted by molar-refractivity contribution is -0.136. The van der Waals surface area contributed by atoms with Crippen molar-refractivity contribution in [2.24, 2.45) is 0 Å². The van der Waals surface area contributed by atoms with Gasteiger partial charge in [0, 0.05) is 43.8 Å². The first-order valence-corrected chi connectivity index (χ1v) is 13.3. The molecular formula is C24H28ClFN4O3S. The second kappa shape index (κ2) is 10.0. The zero-order valence-corrected chi connectivity index (χ0v) is 20.7. The largest absolute Gasteiger partial charge is 0.328 e. The molecule has 2 aliphatic heterocycles. The van der Waals surface area contributed by atoms with Gasteiger partial charge in [0.05, 0.1) is 24.0 Å². The van der Waals surface area contributed by atoms with Crippen LogP contribution in [0.25, 0.3) is 6.08 Å². The lowest BCUT2D eigenvalue weighted by atomic mass is 10.00. The molecule has 2 bridgehead atoms. The van der Waals surface area contributed by atoms with Crippen molar-refractivity contribution in [2.45, 2.75) is 25.6 Å². The van der Waals surface area contributed by atoms with E-state index in [1.165, 1.54) is 18.2 Å². The van der Waals surface area contributed by atoms with Gasteiger partial charge in [-0.2, -0.15) is 0 Å². The van der Waals surface area contributed by atoms with Gasteiger partial charge in [-0.15, -0.1) is 0 Å². The van der Waals surface area contributed by atoms with Crippen LogP contribution in [0.5, 0.6) is 0 Å². The van der Waals surface area contributed by atoms with Gasteiger partial charge in [-0.25, -0.2) is 12.8 Å². The summed E-state index contributed by atoms with van der Waals surface area (Å²) in [5.41, 5.74) is 2.71. The Hall–Kier alpha value is -2.46. The minimum Gasteiger partial charge on any atom is -0.328 e. The van der Waals surface area contributed by atoms with E-state index in [0.29, 0.717) is 49.0 Å². The average molecular weight is 507 g/mol. The van der Waals surface area contributed by atoms with Crippen molar-refractivity contribution in [3.63, 3.8) is 0 Å². The van der Waals surface area contributed by atoms with Crippen molar-refractivity contribution in [1.29, 1.82) is 0 Å². The zero-order chi connectivity index (χ0) is 24.5. The number of rotatable bonds is 6. The van der Waals surface area contributed by atoms with Gasteiger partial charge in [-0.05, 0) is 54.0 Å². The highest BCUT2D eigenvalue weighted by Crippen LogP contribution is 2.27. The van der Waals surface area contributed by atoms with E-state index in [4.69, 9.17) is 11.6 Å². The molecular weight excluding hydrogens is 479 g/mol. The summed E-state index contributed by atoms with van der Waals surface area (Å²) in [4.78, 5) is 17.4. The minimum atomic E-state index is -3.51. The minimum absolute atomic E-state index is 0.00525. The number of nitrogens with one attached hydrogen (secondary N) is 2. The highest BCUT2D eigenvalue weighted by molar-refractivity contribution is 7.92. The highest BCUT2D eigenvalue weighted by atomic mass is 35.5. The molecule has 1 amide bonds. The van der Waals surface area contributed by atoms with Crippen LogP contribution in [0.15, 0.2) is 42.5 Å². The molecule has 0 radical (unpaired) electrons. The molecule has 2 atom stereocenters. The standard InChI is InChI=1S/C24H28ClFN4O3S/c1-16-9-18(23(10-22(16)25)28-34(2,32)33)5-8-24(31)30-20-11-27-12-21(30)15-29(14-20)13-17-3-6-19(26)7-4-17/h3-10,20-21,27-28H,11-15H2,1-2H3. The number of nitrogens with zero attached hydrogens (tertiary/aromatic N) is 2. The number of sulfonamides is 1. The van der Waals surface area contributed by atoms with Crippen molar-refractivity contribution in [2.75, 3.05) is 37.2 Å². The van der Waals surface area contributed by atoms with Gasteiger partial charge in [0.25, 0.3) is 0 Å². The molecule has 2 unspecified atom stereocenters. The zero-order valence-electron chi connectivity index (χ0n) is 19.1. The lowest BCUT2D eigenvalue weighted by Gasteiger charge is -2.50. The Balaban J connectivity index is 1.49. The van der Waals surface area contributed by atoms with Gasteiger partial charge < -0.3 is 10.2 Å². The number of carbonyl (C=O) groups is 1. The van der Waals surface area contributed by atoms with E-state index in [0.717, 1.165) is 17.4 Å². The van der Waals surface area contributed by atoms with Crippen LogP contribution >= 0.6 is 11.6 Å². The van der Waals surface area contributed by atoms with Gasteiger partial charge in [0.1, 0.15) is 5.82 Å². The summed E-state index contributed by atoms with van der Waals surface area (Å²) in [6.45, 7) is 5.33. The second-order valence-corrected chi connectivity index (χ2v) is 11.1. The van der Waals surface area contributed by atoms with E-state index in [1.807, 2.05) is 11.8 Å². The van der Waals surface area contributed by atoms with Crippen LogP contribution in [0.1, 0.15) is 16.7 Å². The monoisotopic (exact) mass is 506 g/mol. The van der Waals surface area contributed by atoms with E-state index in [2.05, 4.69) is 14.9 Å². The number of benzene rings is 2. The van der Waals surface area contributed by atoms with Crippen LogP contribution in [-0.4, -0.2) is 68.6 Å². The van der Waals surface area contributed by atoms with Gasteiger partial charge in [-0.1, -0.05) is 23.7 Å². The maximum Gasteiger partial charge on any atom is 0.247 e. The Morgan fingerprint density at radius 2 is 1.85 bits per heavy atom. The Kier molecular flexibility index (Phi) is 7.28. The van der Waals surface area contributed by atoms with Crippen LogP contribution in [-0.2, 0) is 21.4 Å². The van der Waals surface area contributed by atoms with Gasteiger partial charge in [-0.3, -0.25) is 14.4 Å². The van der Waals surface area contributed by atoms with E-state index in [1.54, 1.807) is 30.3 Å². The molecule has 0 saturated carbocycles. The molecule has 0 aliphatic carbocycles. The van der Waals surface area contributed by atoms with E-state index < -0.39 is 10.0 Å². The van der Waals surface area contributed by atoms with Crippen LogP contribution < -0.4 is 10.0 Å². The fourth-order valence-corrected chi connectivity index (χ4v) is 5.34. The van der Waals surface area contributed by atoms with Gasteiger partial charge in [0.15, 0.2) is 0 Å². The summed E-state index contributed by atoms with van der Waals surface area (Å²) < 4.78 is 39.2. The molecule has 4 rings (SSSR count). The van der Waals surface area contributed by atoms with E-state index >= 15 is 0 Å². The molecule has 2 saturated heterocycles. The lowest BCUT2D eigenvalue weighted by Crippen LogP contribution is -2.68. The van der Waals surface area contributed by atoms with E-state index in [-0.39, 0.29) is 23.8 Å². The molecule has 0 spiro atoms. The van der Waals surface area contributed by atoms with E-state index in [9.17, 15) is 17.6 Å². The average Bonchev–Trinajstić information content (AvgIpc) is 2.75. The number of hydrogen-bond donors (Lipinski definition) is 2. The van der Waals surface area contributed by atoms with Crippen molar-refractivity contribution in [3.05, 3.63) is 70.0 Å².